The summed E-state index contributed by atoms with van der Waals surface area (Å²) in [7, 11) is 0. The topological polar surface area (TPSA) is 45.0 Å². The smallest absolute Gasteiger partial charge is 0.0638 e. The van der Waals surface area contributed by atoms with E-state index in [0.717, 1.165) is 26.2 Å². The Bertz CT molecular complexity index is 131. The monoisotopic (exact) mass is 170 g/mol. The first-order valence-corrected chi connectivity index (χ1v) is 4.53. The summed E-state index contributed by atoms with van der Waals surface area (Å²) in [5, 5.41) is 11.7. The number of nitrogens with one attached hydrogen (secondary N) is 1. The van der Waals surface area contributed by atoms with Crippen LogP contribution in [-0.2, 0) is 4.74 Å². The van der Waals surface area contributed by atoms with Crippen LogP contribution in [0.1, 0.15) is 26.7 Å². The molecule has 0 aliphatic heterocycles. The van der Waals surface area contributed by atoms with Gasteiger partial charge in [-0.3, -0.25) is 0 Å². The van der Waals surface area contributed by atoms with Crippen LogP contribution in [-0.4, -0.2) is 25.8 Å². The van der Waals surface area contributed by atoms with Crippen LogP contribution in [0.3, 0.4) is 0 Å². The van der Waals surface area contributed by atoms with Crippen LogP contribution < -0.4 is 5.32 Å². The molecule has 0 aliphatic rings. The summed E-state index contributed by atoms with van der Waals surface area (Å²) in [5.74, 6) is 0. The quantitative estimate of drug-likeness (QED) is 0.586. The Labute approximate surface area is 74.7 Å². The summed E-state index contributed by atoms with van der Waals surface area (Å²) >= 11 is 0. The van der Waals surface area contributed by atoms with Crippen molar-refractivity contribution in [3.63, 3.8) is 0 Å². The van der Waals surface area contributed by atoms with Crippen molar-refractivity contribution in [2.45, 2.75) is 32.7 Å². The fraction of sp³-hybridized carbons (Fsp3) is 0.889. The van der Waals surface area contributed by atoms with E-state index in [4.69, 9.17) is 10.00 Å². The molecule has 0 saturated carbocycles. The third kappa shape index (κ3) is 6.14. The van der Waals surface area contributed by atoms with E-state index in [2.05, 4.69) is 18.3 Å². The minimum Gasteiger partial charge on any atom is -0.380 e. The standard InChI is InChI=1S/C9H18N2O/c1-3-9(5-6-10)11-7-8-12-4-2/h9,11H,3-5,7-8H2,1-2H3. The summed E-state index contributed by atoms with van der Waals surface area (Å²) in [6.45, 7) is 6.39. The van der Waals surface area contributed by atoms with E-state index in [9.17, 15) is 0 Å². The van der Waals surface area contributed by atoms with Gasteiger partial charge in [0, 0.05) is 19.2 Å². The van der Waals surface area contributed by atoms with Gasteiger partial charge in [0.2, 0.25) is 0 Å². The first-order valence-electron chi connectivity index (χ1n) is 4.53. The second kappa shape index (κ2) is 8.51. The van der Waals surface area contributed by atoms with Crippen LogP contribution in [0.5, 0.6) is 0 Å². The average molecular weight is 170 g/mol. The van der Waals surface area contributed by atoms with Gasteiger partial charge in [0.1, 0.15) is 0 Å². The van der Waals surface area contributed by atoms with Gasteiger partial charge in [-0.2, -0.15) is 5.26 Å². The lowest BCUT2D eigenvalue weighted by Crippen LogP contribution is -2.31. The van der Waals surface area contributed by atoms with Gasteiger partial charge in [-0.05, 0) is 13.3 Å². The molecule has 1 atom stereocenters. The van der Waals surface area contributed by atoms with E-state index in [1.165, 1.54) is 0 Å². The van der Waals surface area contributed by atoms with E-state index in [-0.39, 0.29) is 0 Å². The van der Waals surface area contributed by atoms with Gasteiger partial charge < -0.3 is 10.1 Å². The highest BCUT2D eigenvalue weighted by Gasteiger charge is 2.02. The van der Waals surface area contributed by atoms with Crippen LogP contribution in [0.2, 0.25) is 0 Å². The van der Waals surface area contributed by atoms with Crippen LogP contribution in [0, 0.1) is 11.3 Å². The second-order valence-electron chi connectivity index (χ2n) is 2.62. The highest BCUT2D eigenvalue weighted by Crippen LogP contribution is 1.94. The first kappa shape index (κ1) is 11.4. The van der Waals surface area contributed by atoms with Crippen molar-refractivity contribution in [3.05, 3.63) is 0 Å². The molecule has 0 spiro atoms. The predicted octanol–water partition coefficient (Wildman–Crippen LogP) is 1.30. The lowest BCUT2D eigenvalue weighted by atomic mass is 10.2. The van der Waals surface area contributed by atoms with E-state index in [1.54, 1.807) is 0 Å². The summed E-state index contributed by atoms with van der Waals surface area (Å²) in [6.07, 6.45) is 1.59. The van der Waals surface area contributed by atoms with Crippen molar-refractivity contribution in [1.82, 2.24) is 5.32 Å². The Hall–Kier alpha value is -0.590. The molecule has 0 radical (unpaired) electrons. The number of nitriles is 1. The lowest BCUT2D eigenvalue weighted by Gasteiger charge is -2.12. The van der Waals surface area contributed by atoms with Crippen molar-refractivity contribution < 1.29 is 4.74 Å². The van der Waals surface area contributed by atoms with E-state index < -0.39 is 0 Å². The fourth-order valence-corrected chi connectivity index (χ4v) is 0.951. The average Bonchev–Trinajstić information content (AvgIpc) is 2.10. The Balaban J connectivity index is 3.26. The van der Waals surface area contributed by atoms with Gasteiger partial charge in [-0.15, -0.1) is 0 Å². The van der Waals surface area contributed by atoms with E-state index in [1.807, 2.05) is 6.92 Å². The molecule has 0 saturated heterocycles. The first-order chi connectivity index (χ1) is 5.85. The number of hydrogen-bond acceptors (Lipinski definition) is 3. The number of ether oxygens (including phenoxy) is 1. The highest BCUT2D eigenvalue weighted by atomic mass is 16.5. The maximum Gasteiger partial charge on any atom is 0.0638 e. The summed E-state index contributed by atoms with van der Waals surface area (Å²) in [5.41, 5.74) is 0. The fourth-order valence-electron chi connectivity index (χ4n) is 0.951. The molecule has 1 unspecified atom stereocenters. The SMILES string of the molecule is CCOCCNC(CC)CC#N. The van der Waals surface area contributed by atoms with Crippen LogP contribution >= 0.6 is 0 Å². The largest absolute Gasteiger partial charge is 0.380 e. The Kier molecular flexibility index (Phi) is 8.09. The molecule has 0 bridgehead atoms. The molecule has 0 amide bonds. The molecule has 3 heteroatoms. The van der Waals surface area contributed by atoms with E-state index >= 15 is 0 Å². The summed E-state index contributed by atoms with van der Waals surface area (Å²) < 4.78 is 5.16. The normalized spacial score (nSPS) is 12.4. The molecule has 0 fully saturated rings. The molecule has 0 heterocycles. The number of rotatable bonds is 7. The Morgan fingerprint density at radius 3 is 2.75 bits per heavy atom. The van der Waals surface area contributed by atoms with Crippen molar-refractivity contribution >= 4 is 0 Å². The van der Waals surface area contributed by atoms with Crippen molar-refractivity contribution in [1.29, 1.82) is 5.26 Å². The zero-order valence-electron chi connectivity index (χ0n) is 7.97. The zero-order chi connectivity index (χ0) is 9.23. The molecule has 0 aromatic heterocycles. The maximum atomic E-state index is 8.45. The predicted molar refractivity (Wildman–Crippen MR) is 48.8 cm³/mol. The van der Waals surface area contributed by atoms with Crippen LogP contribution in [0.4, 0.5) is 0 Å². The zero-order valence-corrected chi connectivity index (χ0v) is 7.97. The van der Waals surface area contributed by atoms with Gasteiger partial charge in [0.15, 0.2) is 0 Å². The maximum absolute atomic E-state index is 8.45. The molecule has 0 aromatic carbocycles. The third-order valence-corrected chi connectivity index (χ3v) is 1.71. The van der Waals surface area contributed by atoms with Gasteiger partial charge in [0.05, 0.1) is 19.1 Å². The molecule has 12 heavy (non-hydrogen) atoms. The number of nitrogens with zero attached hydrogens (tertiary/aromatic N) is 1. The highest BCUT2D eigenvalue weighted by molar-refractivity contribution is 4.79. The molecule has 70 valence electrons. The van der Waals surface area contributed by atoms with Gasteiger partial charge in [0.25, 0.3) is 0 Å². The number of hydrogen-bond donors (Lipinski definition) is 1. The molecule has 0 aromatic rings. The van der Waals surface area contributed by atoms with E-state index in [0.29, 0.717) is 12.5 Å². The molecule has 0 aliphatic carbocycles. The van der Waals surface area contributed by atoms with Crippen molar-refractivity contribution in [3.8, 4) is 6.07 Å². The lowest BCUT2D eigenvalue weighted by molar-refractivity contribution is 0.146. The minimum absolute atomic E-state index is 0.329. The molecular weight excluding hydrogens is 152 g/mol. The van der Waals surface area contributed by atoms with Crippen LogP contribution in [0.15, 0.2) is 0 Å². The third-order valence-electron chi connectivity index (χ3n) is 1.71. The Morgan fingerprint density at radius 1 is 1.50 bits per heavy atom. The Morgan fingerprint density at radius 2 is 2.25 bits per heavy atom. The van der Waals surface area contributed by atoms with Gasteiger partial charge in [-0.1, -0.05) is 6.92 Å². The molecular formula is C9H18N2O. The summed E-state index contributed by atoms with van der Waals surface area (Å²) in [4.78, 5) is 0. The molecule has 3 nitrogen and oxygen atoms in total. The van der Waals surface area contributed by atoms with Gasteiger partial charge in [-0.25, -0.2) is 0 Å². The van der Waals surface area contributed by atoms with Gasteiger partial charge >= 0.3 is 0 Å². The summed E-state index contributed by atoms with van der Waals surface area (Å²) in [6, 6.07) is 2.49. The second-order valence-corrected chi connectivity index (χ2v) is 2.62. The molecule has 0 rings (SSSR count). The molecule has 1 N–H and O–H groups in total. The minimum atomic E-state index is 0.329. The van der Waals surface area contributed by atoms with Crippen molar-refractivity contribution in [2.24, 2.45) is 0 Å². The van der Waals surface area contributed by atoms with Crippen LogP contribution in [0.25, 0.3) is 0 Å². The van der Waals surface area contributed by atoms with Crippen molar-refractivity contribution in [2.75, 3.05) is 19.8 Å².